The van der Waals surface area contributed by atoms with Gasteiger partial charge in [0.1, 0.15) is 0 Å². The Morgan fingerprint density at radius 1 is 1.22 bits per heavy atom. The molecule has 2 unspecified atom stereocenters. The molecule has 0 amide bonds. The molecule has 5 nitrogen and oxygen atoms in total. The molecule has 0 aliphatic carbocycles. The highest BCUT2D eigenvalue weighted by Crippen LogP contribution is 2.55. The van der Waals surface area contributed by atoms with Crippen LogP contribution in [0.15, 0.2) is 24.3 Å². The Morgan fingerprint density at radius 3 is 2.78 bits per heavy atom. The van der Waals surface area contributed by atoms with Crippen LogP contribution in [0.3, 0.4) is 0 Å². The smallest absolute Gasteiger partial charge is 0.199 e. The molecule has 4 rings (SSSR count). The van der Waals surface area contributed by atoms with Crippen LogP contribution < -0.4 is 0 Å². The monoisotopic (exact) mass is 311 g/mol. The van der Waals surface area contributed by atoms with E-state index in [0.29, 0.717) is 0 Å². The minimum atomic E-state index is -0.00749. The second kappa shape index (κ2) is 5.13. The lowest BCUT2D eigenvalue weighted by atomic mass is 10.0. The number of aromatic nitrogens is 2. The van der Waals surface area contributed by atoms with Crippen LogP contribution in [0.4, 0.5) is 0 Å². The van der Waals surface area contributed by atoms with Gasteiger partial charge in [-0.25, -0.2) is 0 Å². The molecular formula is C18H21N3O2. The molecule has 2 aromatic heterocycles. The van der Waals surface area contributed by atoms with Gasteiger partial charge in [-0.15, -0.1) is 0 Å². The maximum Gasteiger partial charge on any atom is 0.199 e. The SMILES string of the molecule is Cc1cccc(/C=C/C2c3c(c(O)n(C)c3O)C3CCCN23)n1. The summed E-state index contributed by atoms with van der Waals surface area (Å²) in [5, 5.41) is 20.8. The number of hydrogen-bond acceptors (Lipinski definition) is 4. The number of nitrogens with zero attached hydrogens (tertiary/aromatic N) is 3. The van der Waals surface area contributed by atoms with E-state index in [2.05, 4.69) is 16.0 Å². The first-order valence-corrected chi connectivity index (χ1v) is 8.06. The fourth-order valence-electron chi connectivity index (χ4n) is 3.97. The average Bonchev–Trinajstić information content (AvgIpc) is 3.16. The van der Waals surface area contributed by atoms with Crippen LogP contribution in [0.5, 0.6) is 11.8 Å². The predicted octanol–water partition coefficient (Wildman–Crippen LogP) is 3.04. The zero-order valence-corrected chi connectivity index (χ0v) is 13.4. The van der Waals surface area contributed by atoms with Gasteiger partial charge in [0, 0.05) is 29.9 Å². The van der Waals surface area contributed by atoms with Gasteiger partial charge in [0.2, 0.25) is 0 Å². The standard InChI is InChI=1S/C18H21N3O2/c1-11-5-3-6-12(19-11)8-9-14-16-15(13-7-4-10-21(13)14)17(22)20(2)18(16)23/h3,5-6,8-9,13-14,22-23H,4,7,10H2,1-2H3/b9-8+. The Kier molecular flexibility index (Phi) is 3.20. The summed E-state index contributed by atoms with van der Waals surface area (Å²) in [6, 6.07) is 6.14. The van der Waals surface area contributed by atoms with E-state index < -0.39 is 0 Å². The van der Waals surface area contributed by atoms with Crippen LogP contribution in [0.1, 0.15) is 47.4 Å². The van der Waals surface area contributed by atoms with Crippen molar-refractivity contribution in [3.05, 3.63) is 46.8 Å². The van der Waals surface area contributed by atoms with Crippen molar-refractivity contribution < 1.29 is 10.2 Å². The van der Waals surface area contributed by atoms with E-state index in [1.165, 1.54) is 4.57 Å². The van der Waals surface area contributed by atoms with E-state index in [1.54, 1.807) is 7.05 Å². The molecule has 0 radical (unpaired) electrons. The molecule has 0 saturated carbocycles. The zero-order chi connectivity index (χ0) is 16.1. The number of aromatic hydroxyl groups is 2. The van der Waals surface area contributed by atoms with Crippen molar-refractivity contribution in [2.45, 2.75) is 31.8 Å². The number of rotatable bonds is 2. The van der Waals surface area contributed by atoms with Gasteiger partial charge in [0.15, 0.2) is 11.8 Å². The Hall–Kier alpha value is -2.27. The lowest BCUT2D eigenvalue weighted by molar-refractivity contribution is 0.237. The average molecular weight is 311 g/mol. The summed E-state index contributed by atoms with van der Waals surface area (Å²) in [4.78, 5) is 6.86. The van der Waals surface area contributed by atoms with Crippen molar-refractivity contribution in [3.63, 3.8) is 0 Å². The predicted molar refractivity (Wildman–Crippen MR) is 88.2 cm³/mol. The van der Waals surface area contributed by atoms with Crippen molar-refractivity contribution in [3.8, 4) is 11.8 Å². The second-order valence-corrected chi connectivity index (χ2v) is 6.44. The lowest BCUT2D eigenvalue weighted by Crippen LogP contribution is -2.20. The molecule has 2 N–H and O–H groups in total. The molecule has 2 aliphatic heterocycles. The molecule has 1 saturated heterocycles. The van der Waals surface area contributed by atoms with Crippen LogP contribution in [0.25, 0.3) is 6.08 Å². The van der Waals surface area contributed by atoms with Gasteiger partial charge in [-0.2, -0.15) is 0 Å². The molecule has 23 heavy (non-hydrogen) atoms. The van der Waals surface area contributed by atoms with Gasteiger partial charge in [0.05, 0.1) is 11.7 Å². The molecule has 0 spiro atoms. The maximum absolute atomic E-state index is 10.4. The van der Waals surface area contributed by atoms with E-state index in [1.807, 2.05) is 31.2 Å². The number of aryl methyl sites for hydroxylation is 1. The first kappa shape index (κ1) is 14.3. The Bertz CT molecular complexity index is 794. The van der Waals surface area contributed by atoms with Crippen LogP contribution in [0, 0.1) is 6.92 Å². The molecule has 120 valence electrons. The van der Waals surface area contributed by atoms with Crippen molar-refractivity contribution >= 4 is 6.08 Å². The van der Waals surface area contributed by atoms with E-state index in [-0.39, 0.29) is 23.8 Å². The highest BCUT2D eigenvalue weighted by Gasteiger charge is 2.45. The van der Waals surface area contributed by atoms with E-state index in [0.717, 1.165) is 41.9 Å². The van der Waals surface area contributed by atoms with Gasteiger partial charge < -0.3 is 10.2 Å². The van der Waals surface area contributed by atoms with Gasteiger partial charge in [-0.05, 0) is 44.5 Å². The van der Waals surface area contributed by atoms with E-state index in [9.17, 15) is 10.2 Å². The summed E-state index contributed by atoms with van der Waals surface area (Å²) in [6.45, 7) is 2.96. The van der Waals surface area contributed by atoms with Gasteiger partial charge in [-0.1, -0.05) is 12.1 Å². The molecule has 5 heteroatoms. The highest BCUT2D eigenvalue weighted by atomic mass is 16.3. The lowest BCUT2D eigenvalue weighted by Gasteiger charge is -2.22. The van der Waals surface area contributed by atoms with E-state index in [4.69, 9.17) is 0 Å². The minimum Gasteiger partial charge on any atom is -0.494 e. The Balaban J connectivity index is 1.76. The second-order valence-electron chi connectivity index (χ2n) is 6.44. The highest BCUT2D eigenvalue weighted by molar-refractivity contribution is 5.57. The van der Waals surface area contributed by atoms with Gasteiger partial charge >= 0.3 is 0 Å². The number of fused-ring (bicyclic) bond motifs is 3. The van der Waals surface area contributed by atoms with Crippen molar-refractivity contribution in [1.29, 1.82) is 0 Å². The zero-order valence-electron chi connectivity index (χ0n) is 13.4. The van der Waals surface area contributed by atoms with E-state index >= 15 is 0 Å². The molecule has 0 bridgehead atoms. The van der Waals surface area contributed by atoms with Crippen LogP contribution >= 0.6 is 0 Å². The fraction of sp³-hybridized carbons (Fsp3) is 0.389. The molecule has 2 aliphatic rings. The maximum atomic E-state index is 10.4. The van der Waals surface area contributed by atoms with Crippen molar-refractivity contribution in [2.24, 2.45) is 7.05 Å². The van der Waals surface area contributed by atoms with Gasteiger partial charge in [-0.3, -0.25) is 14.5 Å². The van der Waals surface area contributed by atoms with Crippen molar-refractivity contribution in [2.75, 3.05) is 6.54 Å². The van der Waals surface area contributed by atoms with Crippen molar-refractivity contribution in [1.82, 2.24) is 14.5 Å². The molecule has 0 aromatic carbocycles. The summed E-state index contributed by atoms with van der Waals surface area (Å²) < 4.78 is 1.48. The molecular weight excluding hydrogens is 290 g/mol. The first-order valence-electron chi connectivity index (χ1n) is 8.06. The van der Waals surface area contributed by atoms with Crippen LogP contribution in [-0.2, 0) is 7.05 Å². The third-order valence-corrected chi connectivity index (χ3v) is 5.05. The fourth-order valence-corrected chi connectivity index (χ4v) is 3.97. The third-order valence-electron chi connectivity index (χ3n) is 5.05. The minimum absolute atomic E-state index is 0.00749. The summed E-state index contributed by atoms with van der Waals surface area (Å²) in [5.41, 5.74) is 3.64. The molecule has 2 aromatic rings. The quantitative estimate of drug-likeness (QED) is 0.895. The third kappa shape index (κ3) is 2.07. The summed E-state index contributed by atoms with van der Waals surface area (Å²) >= 11 is 0. The molecule has 4 heterocycles. The normalized spacial score (nSPS) is 23.6. The van der Waals surface area contributed by atoms with Crippen LogP contribution in [-0.4, -0.2) is 31.2 Å². The summed E-state index contributed by atoms with van der Waals surface area (Å²) in [6.07, 6.45) is 6.24. The number of pyridine rings is 1. The molecule has 1 fully saturated rings. The number of hydrogen-bond donors (Lipinski definition) is 2. The topological polar surface area (TPSA) is 61.5 Å². The van der Waals surface area contributed by atoms with Crippen LogP contribution in [0.2, 0.25) is 0 Å². The Labute approximate surface area is 135 Å². The Morgan fingerprint density at radius 2 is 2.00 bits per heavy atom. The molecule has 2 atom stereocenters. The first-order chi connectivity index (χ1) is 11.1. The van der Waals surface area contributed by atoms with Gasteiger partial charge in [0.25, 0.3) is 0 Å². The summed E-state index contributed by atoms with van der Waals surface area (Å²) in [5.74, 6) is 0.359. The summed E-state index contributed by atoms with van der Waals surface area (Å²) in [7, 11) is 1.70. The largest absolute Gasteiger partial charge is 0.494 e.